The minimum absolute atomic E-state index is 0.159. The normalized spacial score (nSPS) is 12.1. The van der Waals surface area contributed by atoms with Crippen LogP contribution in [0.4, 0.5) is 5.88 Å². The first-order valence-corrected chi connectivity index (χ1v) is 4.16. The molecule has 0 bridgehead atoms. The second-order valence-corrected chi connectivity index (χ2v) is 2.89. The molecule has 0 unspecified atom stereocenters. The molecular weight excluding hydrogens is 204 g/mol. The highest BCUT2D eigenvalue weighted by molar-refractivity contribution is 5.74. The summed E-state index contributed by atoms with van der Waals surface area (Å²) in [7, 11) is 0. The van der Waals surface area contributed by atoms with Crippen molar-refractivity contribution in [3.05, 3.63) is 28.0 Å². The molecule has 0 fully saturated rings. The van der Waals surface area contributed by atoms with Crippen molar-refractivity contribution >= 4 is 11.9 Å². The number of furan rings is 1. The highest BCUT2D eigenvalue weighted by Crippen LogP contribution is 2.16. The Labute approximate surface area is 85.0 Å². The average Bonchev–Trinajstić information content (AvgIpc) is 2.62. The van der Waals surface area contributed by atoms with Crippen molar-refractivity contribution in [3.63, 3.8) is 0 Å². The molecule has 82 valence electrons. The number of hydrogen-bond acceptors (Lipinski definition) is 6. The van der Waals surface area contributed by atoms with E-state index in [9.17, 15) is 14.9 Å². The zero-order chi connectivity index (χ0) is 11.4. The Kier molecular flexibility index (Phi) is 3.40. The Morgan fingerprint density at radius 1 is 1.73 bits per heavy atom. The van der Waals surface area contributed by atoms with Gasteiger partial charge in [0.2, 0.25) is 0 Å². The first-order chi connectivity index (χ1) is 7.00. The first-order valence-electron chi connectivity index (χ1n) is 4.16. The van der Waals surface area contributed by atoms with Crippen molar-refractivity contribution in [3.8, 4) is 0 Å². The summed E-state index contributed by atoms with van der Waals surface area (Å²) < 4.78 is 9.46. The van der Waals surface area contributed by atoms with Crippen molar-refractivity contribution in [1.82, 2.24) is 0 Å². The minimum atomic E-state index is -0.727. The lowest BCUT2D eigenvalue weighted by molar-refractivity contribution is -0.402. The molecule has 0 saturated heterocycles. The third-order valence-electron chi connectivity index (χ3n) is 1.56. The molecule has 7 heteroatoms. The van der Waals surface area contributed by atoms with Crippen LogP contribution in [0.2, 0.25) is 0 Å². The Balaban J connectivity index is 2.51. The van der Waals surface area contributed by atoms with Crippen LogP contribution in [-0.4, -0.2) is 16.9 Å². The zero-order valence-electron chi connectivity index (χ0n) is 8.00. The summed E-state index contributed by atoms with van der Waals surface area (Å²) in [5, 5.41) is 10.2. The van der Waals surface area contributed by atoms with E-state index in [1.54, 1.807) is 0 Å². The molecule has 1 aromatic rings. The van der Waals surface area contributed by atoms with Gasteiger partial charge in [-0.3, -0.25) is 14.9 Å². The highest BCUT2D eigenvalue weighted by Gasteiger charge is 2.14. The molecule has 15 heavy (non-hydrogen) atoms. The number of rotatable bonds is 4. The van der Waals surface area contributed by atoms with Crippen LogP contribution in [0.5, 0.6) is 0 Å². The van der Waals surface area contributed by atoms with Crippen LogP contribution < -0.4 is 5.73 Å². The topological polar surface area (TPSA) is 109 Å². The fourth-order valence-electron chi connectivity index (χ4n) is 0.816. The largest absolute Gasteiger partial charge is 0.456 e. The SMILES string of the molecule is C[C@H](N)C(=O)OCc1ccc([N+](=O)[O-])o1. The second-order valence-electron chi connectivity index (χ2n) is 2.89. The third-order valence-corrected chi connectivity index (χ3v) is 1.56. The second kappa shape index (κ2) is 4.56. The predicted octanol–water partition coefficient (Wildman–Crippen LogP) is 0.578. The van der Waals surface area contributed by atoms with E-state index >= 15 is 0 Å². The molecule has 0 amide bonds. The summed E-state index contributed by atoms with van der Waals surface area (Å²) >= 11 is 0. The van der Waals surface area contributed by atoms with E-state index in [0.717, 1.165) is 0 Å². The van der Waals surface area contributed by atoms with Crippen molar-refractivity contribution in [2.75, 3.05) is 0 Å². The van der Waals surface area contributed by atoms with E-state index in [1.165, 1.54) is 19.1 Å². The number of carbonyl (C=O) groups excluding carboxylic acids is 1. The highest BCUT2D eigenvalue weighted by atomic mass is 16.6. The third kappa shape index (κ3) is 3.06. The van der Waals surface area contributed by atoms with Gasteiger partial charge in [-0.2, -0.15) is 0 Å². The smallest absolute Gasteiger partial charge is 0.433 e. The van der Waals surface area contributed by atoms with E-state index in [-0.39, 0.29) is 18.3 Å². The summed E-state index contributed by atoms with van der Waals surface area (Å²) in [4.78, 5) is 20.5. The molecule has 0 aromatic carbocycles. The van der Waals surface area contributed by atoms with Gasteiger partial charge >= 0.3 is 11.9 Å². The number of hydrogen-bond donors (Lipinski definition) is 1. The Hall–Kier alpha value is -1.89. The molecule has 1 atom stereocenters. The fraction of sp³-hybridized carbons (Fsp3) is 0.375. The van der Waals surface area contributed by atoms with Crippen molar-refractivity contribution in [2.45, 2.75) is 19.6 Å². The van der Waals surface area contributed by atoms with Crippen molar-refractivity contribution < 1.29 is 18.9 Å². The van der Waals surface area contributed by atoms with E-state index in [2.05, 4.69) is 0 Å². The Bertz CT molecular complexity index is 371. The summed E-state index contributed by atoms with van der Waals surface area (Å²) in [5.41, 5.74) is 5.24. The lowest BCUT2D eigenvalue weighted by Gasteiger charge is -2.04. The lowest BCUT2D eigenvalue weighted by atomic mass is 10.4. The van der Waals surface area contributed by atoms with Gasteiger partial charge in [0.05, 0.1) is 6.07 Å². The maximum atomic E-state index is 10.9. The van der Waals surface area contributed by atoms with Gasteiger partial charge in [-0.25, -0.2) is 0 Å². The Morgan fingerprint density at radius 2 is 2.40 bits per heavy atom. The number of nitrogens with two attached hydrogens (primary N) is 1. The quantitative estimate of drug-likeness (QED) is 0.446. The van der Waals surface area contributed by atoms with Gasteiger partial charge in [0.25, 0.3) is 0 Å². The maximum Gasteiger partial charge on any atom is 0.433 e. The van der Waals surface area contributed by atoms with E-state index in [0.29, 0.717) is 0 Å². The van der Waals surface area contributed by atoms with Gasteiger partial charge in [0, 0.05) is 0 Å². The van der Waals surface area contributed by atoms with Crippen LogP contribution >= 0.6 is 0 Å². The zero-order valence-corrected chi connectivity index (χ0v) is 8.00. The number of ether oxygens (including phenoxy) is 1. The van der Waals surface area contributed by atoms with E-state index < -0.39 is 16.9 Å². The molecule has 0 radical (unpaired) electrons. The molecule has 1 heterocycles. The van der Waals surface area contributed by atoms with Crippen LogP contribution in [0.25, 0.3) is 0 Å². The van der Waals surface area contributed by atoms with Gasteiger partial charge in [0.1, 0.15) is 23.3 Å². The molecule has 0 aliphatic rings. The van der Waals surface area contributed by atoms with Gasteiger partial charge in [-0.05, 0) is 13.0 Å². The molecular formula is C8H10N2O5. The molecule has 0 aliphatic carbocycles. The monoisotopic (exact) mass is 214 g/mol. The summed E-state index contributed by atoms with van der Waals surface area (Å²) in [5.74, 6) is -0.772. The maximum absolute atomic E-state index is 10.9. The fourth-order valence-corrected chi connectivity index (χ4v) is 0.816. The summed E-state index contributed by atoms with van der Waals surface area (Å²) in [6.07, 6.45) is 0. The van der Waals surface area contributed by atoms with Crippen LogP contribution in [0, 0.1) is 10.1 Å². The predicted molar refractivity (Wildman–Crippen MR) is 48.8 cm³/mol. The molecule has 0 aliphatic heterocycles. The molecule has 0 saturated carbocycles. The number of nitro groups is 1. The van der Waals surface area contributed by atoms with Gasteiger partial charge < -0.3 is 14.9 Å². The van der Waals surface area contributed by atoms with Crippen molar-refractivity contribution in [2.24, 2.45) is 5.73 Å². The average molecular weight is 214 g/mol. The van der Waals surface area contributed by atoms with Gasteiger partial charge in [-0.1, -0.05) is 0 Å². The van der Waals surface area contributed by atoms with Crippen molar-refractivity contribution in [1.29, 1.82) is 0 Å². The van der Waals surface area contributed by atoms with Crippen LogP contribution in [-0.2, 0) is 16.1 Å². The minimum Gasteiger partial charge on any atom is -0.456 e. The van der Waals surface area contributed by atoms with Crippen LogP contribution in [0.15, 0.2) is 16.5 Å². The molecule has 0 spiro atoms. The number of esters is 1. The standard InChI is InChI=1S/C8H10N2O5/c1-5(9)8(11)14-4-6-2-3-7(15-6)10(12)13/h2-3,5H,4,9H2,1H3/t5-/m0/s1. The summed E-state index contributed by atoms with van der Waals surface area (Å²) in [6, 6.07) is 1.83. The first kappa shape index (κ1) is 11.2. The molecule has 1 rings (SSSR count). The number of nitrogens with zero attached hydrogens (tertiary/aromatic N) is 1. The Morgan fingerprint density at radius 3 is 2.87 bits per heavy atom. The van der Waals surface area contributed by atoms with Crippen LogP contribution in [0.3, 0.4) is 0 Å². The lowest BCUT2D eigenvalue weighted by Crippen LogP contribution is -2.28. The van der Waals surface area contributed by atoms with Gasteiger partial charge in [0.15, 0.2) is 0 Å². The molecule has 1 aromatic heterocycles. The number of carbonyl (C=O) groups is 1. The van der Waals surface area contributed by atoms with E-state index in [4.69, 9.17) is 14.9 Å². The summed E-state index contributed by atoms with van der Waals surface area (Å²) in [6.45, 7) is 1.32. The van der Waals surface area contributed by atoms with Gasteiger partial charge in [-0.15, -0.1) is 0 Å². The van der Waals surface area contributed by atoms with Crippen LogP contribution in [0.1, 0.15) is 12.7 Å². The molecule has 7 nitrogen and oxygen atoms in total. The van der Waals surface area contributed by atoms with E-state index in [1.807, 2.05) is 0 Å². The molecule has 2 N–H and O–H groups in total.